The molecule has 0 spiro atoms. The molecule has 0 unspecified atom stereocenters. The van der Waals surface area contributed by atoms with Crippen molar-refractivity contribution in [2.24, 2.45) is 0 Å². The summed E-state index contributed by atoms with van der Waals surface area (Å²) in [5, 5.41) is 5.12. The summed E-state index contributed by atoms with van der Waals surface area (Å²) < 4.78 is 6.17. The first kappa shape index (κ1) is 27.2. The maximum absolute atomic E-state index is 3.77. The third-order valence-corrected chi connectivity index (χ3v) is 10.7. The number of hydrogen-bond donors (Lipinski definition) is 0. The third kappa shape index (κ3) is 4.37. The molecule has 4 heteroatoms. The first-order chi connectivity index (χ1) is 22.7. The Kier molecular flexibility index (Phi) is 6.51. The molecule has 46 heavy (non-hydrogen) atoms. The minimum Gasteiger partial charge on any atom is -0.310 e. The van der Waals surface area contributed by atoms with E-state index in [0.29, 0.717) is 0 Å². The Morgan fingerprint density at radius 3 is 2.04 bits per heavy atom. The topological polar surface area (TPSA) is 8.17 Å². The van der Waals surface area contributed by atoms with Gasteiger partial charge in [-0.3, -0.25) is 0 Å². The first-order valence-electron chi connectivity index (χ1n) is 15.4. The van der Waals surface area contributed by atoms with Gasteiger partial charge in [0.15, 0.2) is 0 Å². The fourth-order valence-electron chi connectivity index (χ4n) is 6.79. The largest absolute Gasteiger partial charge is 0.310 e. The lowest BCUT2D eigenvalue weighted by Gasteiger charge is -2.26. The Labute approximate surface area is 279 Å². The second-order valence-corrected chi connectivity index (χ2v) is 13.4. The fraction of sp³-hybridized carbons (Fsp3) is 0. The van der Waals surface area contributed by atoms with Crippen LogP contribution in [0.25, 0.3) is 58.8 Å². The summed E-state index contributed by atoms with van der Waals surface area (Å²) in [7, 11) is 0. The summed E-state index contributed by atoms with van der Waals surface area (Å²) in [5.41, 5.74) is 9.31. The lowest BCUT2D eigenvalue weighted by atomic mass is 10.0. The molecule has 0 saturated heterocycles. The number of benzene rings is 7. The third-order valence-electron chi connectivity index (χ3n) is 8.83. The van der Waals surface area contributed by atoms with Gasteiger partial charge in [-0.1, -0.05) is 113 Å². The van der Waals surface area contributed by atoms with Crippen LogP contribution in [0.15, 0.2) is 168 Å². The van der Waals surface area contributed by atoms with Gasteiger partial charge < -0.3 is 9.47 Å². The zero-order valence-electron chi connectivity index (χ0n) is 24.8. The number of anilines is 3. The highest BCUT2D eigenvalue weighted by molar-refractivity contribution is 9.10. The van der Waals surface area contributed by atoms with Crippen LogP contribution in [-0.4, -0.2) is 4.57 Å². The van der Waals surface area contributed by atoms with Crippen LogP contribution in [0, 0.1) is 0 Å². The Morgan fingerprint density at radius 1 is 0.500 bits per heavy atom. The average Bonchev–Trinajstić information content (AvgIpc) is 3.65. The maximum atomic E-state index is 3.77. The number of thiophene rings is 1. The van der Waals surface area contributed by atoms with Crippen LogP contribution in [0.4, 0.5) is 17.1 Å². The van der Waals surface area contributed by atoms with E-state index in [1.165, 1.54) is 58.8 Å². The zero-order valence-corrected chi connectivity index (χ0v) is 27.2. The molecule has 9 rings (SSSR count). The molecule has 0 bridgehead atoms. The van der Waals surface area contributed by atoms with E-state index in [-0.39, 0.29) is 0 Å². The van der Waals surface area contributed by atoms with Gasteiger partial charge in [0.2, 0.25) is 0 Å². The van der Waals surface area contributed by atoms with Gasteiger partial charge in [-0.15, -0.1) is 11.3 Å². The van der Waals surface area contributed by atoms with Crippen LogP contribution >= 0.6 is 27.3 Å². The highest BCUT2D eigenvalue weighted by Crippen LogP contribution is 2.45. The molecule has 0 aliphatic rings. The van der Waals surface area contributed by atoms with Crippen LogP contribution in [0.2, 0.25) is 0 Å². The summed E-state index contributed by atoms with van der Waals surface area (Å²) >= 11 is 5.65. The van der Waals surface area contributed by atoms with Crippen molar-refractivity contribution in [2.75, 3.05) is 4.90 Å². The molecule has 0 N–H and O–H groups in total. The predicted molar refractivity (Wildman–Crippen MR) is 201 cm³/mol. The van der Waals surface area contributed by atoms with Gasteiger partial charge in [0, 0.05) is 53.5 Å². The number of fused-ring (bicyclic) bond motifs is 7. The van der Waals surface area contributed by atoms with Crippen molar-refractivity contribution in [2.45, 2.75) is 0 Å². The maximum Gasteiger partial charge on any atom is 0.0719 e. The summed E-state index contributed by atoms with van der Waals surface area (Å²) in [6, 6.07) is 59.0. The summed E-state index contributed by atoms with van der Waals surface area (Å²) in [6.07, 6.45) is 0. The Hall–Kier alpha value is -5.16. The normalized spacial score (nSPS) is 11.6. The molecule has 0 saturated carbocycles. The highest BCUT2D eigenvalue weighted by atomic mass is 79.9. The number of rotatable bonds is 5. The second kappa shape index (κ2) is 11.0. The minimum absolute atomic E-state index is 1.08. The van der Waals surface area contributed by atoms with E-state index < -0.39 is 0 Å². The van der Waals surface area contributed by atoms with Gasteiger partial charge in [-0.05, 0) is 77.9 Å². The molecule has 0 aliphatic heterocycles. The molecule has 0 fully saturated rings. The van der Waals surface area contributed by atoms with E-state index in [9.17, 15) is 0 Å². The predicted octanol–water partition coefficient (Wildman–Crippen LogP) is 13.1. The minimum atomic E-state index is 1.08. The number of para-hydroxylation sites is 2. The van der Waals surface area contributed by atoms with Crippen molar-refractivity contribution >= 4 is 86.3 Å². The summed E-state index contributed by atoms with van der Waals surface area (Å²) in [4.78, 5) is 2.36. The molecule has 0 atom stereocenters. The molecule has 2 heterocycles. The fourth-order valence-corrected chi connectivity index (χ4v) is 8.54. The summed E-state index contributed by atoms with van der Waals surface area (Å²) in [6.45, 7) is 0. The molecule has 0 amide bonds. The monoisotopic (exact) mass is 670 g/mol. The van der Waals surface area contributed by atoms with Crippen molar-refractivity contribution in [3.8, 4) is 16.8 Å². The number of hydrogen-bond acceptors (Lipinski definition) is 2. The van der Waals surface area contributed by atoms with Crippen molar-refractivity contribution in [1.29, 1.82) is 0 Å². The Balaban J connectivity index is 1.32. The number of nitrogens with zero attached hydrogens (tertiary/aromatic N) is 2. The van der Waals surface area contributed by atoms with Gasteiger partial charge in [-0.25, -0.2) is 0 Å². The Bertz CT molecular complexity index is 2550. The van der Waals surface area contributed by atoms with E-state index in [2.05, 4.69) is 189 Å². The average molecular weight is 672 g/mol. The number of aromatic nitrogens is 1. The second-order valence-electron chi connectivity index (χ2n) is 11.5. The first-order valence-corrected chi connectivity index (χ1v) is 17.0. The van der Waals surface area contributed by atoms with Crippen LogP contribution in [-0.2, 0) is 0 Å². The quantitative estimate of drug-likeness (QED) is 0.177. The van der Waals surface area contributed by atoms with Crippen LogP contribution in [0.5, 0.6) is 0 Å². The van der Waals surface area contributed by atoms with E-state index in [1.54, 1.807) is 0 Å². The van der Waals surface area contributed by atoms with Crippen molar-refractivity contribution in [3.05, 3.63) is 168 Å². The molecule has 218 valence electrons. The van der Waals surface area contributed by atoms with Gasteiger partial charge in [0.25, 0.3) is 0 Å². The molecule has 0 aliphatic carbocycles. The van der Waals surface area contributed by atoms with Gasteiger partial charge in [0.1, 0.15) is 0 Å². The van der Waals surface area contributed by atoms with Gasteiger partial charge >= 0.3 is 0 Å². The number of halogens is 1. The lowest BCUT2D eigenvalue weighted by molar-refractivity contribution is 1.19. The highest BCUT2D eigenvalue weighted by Gasteiger charge is 2.20. The van der Waals surface area contributed by atoms with Crippen molar-refractivity contribution < 1.29 is 0 Å². The molecule has 0 radical (unpaired) electrons. The Morgan fingerprint density at radius 2 is 1.20 bits per heavy atom. The van der Waals surface area contributed by atoms with Crippen molar-refractivity contribution in [1.82, 2.24) is 4.57 Å². The molecule has 2 aromatic heterocycles. The standard InChI is InChI=1S/C42H27BrN2S/c43-38-20-9-7-18-33(38)28-12-11-17-31(26-28)44(29-13-3-1-4-14-29)32-22-25-39-37(27-32)35-23-24-36-34-19-8-10-21-40(34)46-42(36)41(35)45(39)30-15-5-2-6-16-30/h1-27H. The van der Waals surface area contributed by atoms with E-state index in [0.717, 1.165) is 21.5 Å². The molecular weight excluding hydrogens is 644 g/mol. The zero-order chi connectivity index (χ0) is 30.6. The van der Waals surface area contributed by atoms with Crippen LogP contribution in [0.3, 0.4) is 0 Å². The van der Waals surface area contributed by atoms with Gasteiger partial charge in [0.05, 0.1) is 15.7 Å². The van der Waals surface area contributed by atoms with Crippen LogP contribution < -0.4 is 4.90 Å². The van der Waals surface area contributed by atoms with Gasteiger partial charge in [-0.2, -0.15) is 0 Å². The molecule has 9 aromatic rings. The van der Waals surface area contributed by atoms with E-state index >= 15 is 0 Å². The molecular formula is C42H27BrN2S. The van der Waals surface area contributed by atoms with E-state index in [4.69, 9.17) is 0 Å². The van der Waals surface area contributed by atoms with E-state index in [1.807, 2.05) is 11.3 Å². The SMILES string of the molecule is Brc1ccccc1-c1cccc(N(c2ccccc2)c2ccc3c(c2)c2ccc4c5ccccc5sc4c2n3-c2ccccc2)c1. The van der Waals surface area contributed by atoms with Crippen LogP contribution in [0.1, 0.15) is 0 Å². The molecule has 2 nitrogen and oxygen atoms in total. The summed E-state index contributed by atoms with van der Waals surface area (Å²) in [5.74, 6) is 0. The lowest BCUT2D eigenvalue weighted by Crippen LogP contribution is -2.10. The smallest absolute Gasteiger partial charge is 0.0719 e. The molecule has 7 aromatic carbocycles. The van der Waals surface area contributed by atoms with Crippen molar-refractivity contribution in [3.63, 3.8) is 0 Å².